The summed E-state index contributed by atoms with van der Waals surface area (Å²) in [6.07, 6.45) is 0.501. The summed E-state index contributed by atoms with van der Waals surface area (Å²) >= 11 is 0. The smallest absolute Gasteiger partial charge is 0.320 e. The molecular formula is C17H25N3O5S. The van der Waals surface area contributed by atoms with Gasteiger partial charge in [0, 0.05) is 31.9 Å². The van der Waals surface area contributed by atoms with Gasteiger partial charge in [0.05, 0.1) is 11.4 Å². The molecule has 1 aliphatic heterocycles. The van der Waals surface area contributed by atoms with E-state index >= 15 is 0 Å². The number of nitrogens with one attached hydrogen (secondary N) is 1. The maximum Gasteiger partial charge on any atom is 0.320 e. The van der Waals surface area contributed by atoms with E-state index < -0.39 is 15.6 Å². The zero-order chi connectivity index (χ0) is 19.4. The zero-order valence-electron chi connectivity index (χ0n) is 15.3. The number of ether oxygens (including phenoxy) is 1. The van der Waals surface area contributed by atoms with Gasteiger partial charge in [0.1, 0.15) is 5.60 Å². The summed E-state index contributed by atoms with van der Waals surface area (Å²) in [5, 5.41) is 2.45. The van der Waals surface area contributed by atoms with Crippen LogP contribution in [0, 0.1) is 0 Å². The zero-order valence-corrected chi connectivity index (χ0v) is 16.1. The summed E-state index contributed by atoms with van der Waals surface area (Å²) in [7, 11) is -3.65. The largest absolute Gasteiger partial charge is 0.459 e. The number of benzene rings is 1. The van der Waals surface area contributed by atoms with Crippen LogP contribution < -0.4 is 5.32 Å². The van der Waals surface area contributed by atoms with Crippen molar-refractivity contribution in [1.29, 1.82) is 0 Å². The van der Waals surface area contributed by atoms with Crippen molar-refractivity contribution in [2.75, 3.05) is 38.0 Å². The predicted molar refractivity (Wildman–Crippen MR) is 97.2 cm³/mol. The molecule has 1 aliphatic rings. The molecule has 2 rings (SSSR count). The fourth-order valence-electron chi connectivity index (χ4n) is 2.65. The molecule has 1 aromatic carbocycles. The average Bonchev–Trinajstić information content (AvgIpc) is 2.54. The van der Waals surface area contributed by atoms with Crippen LogP contribution in [0.1, 0.15) is 20.8 Å². The number of amides is 1. The molecule has 1 amide bonds. The highest BCUT2D eigenvalue weighted by Gasteiger charge is 2.30. The third-order valence-electron chi connectivity index (χ3n) is 3.80. The molecular weight excluding hydrogens is 358 g/mol. The molecule has 0 aromatic heterocycles. The summed E-state index contributed by atoms with van der Waals surface area (Å²) in [6.45, 7) is 7.04. The molecule has 0 unspecified atom stereocenters. The average molecular weight is 383 g/mol. The standard InChI is InChI=1S/C17H25N3O5S/c1-17(2,3)25-16(22)12-19-7-9-20(10-8-19)26(23,24)15-6-4-5-14(11-15)18-13-21/h4-6,11,13H,7-10,12H2,1-3H3,(H,18,21). The normalized spacial score (nSPS) is 16.9. The number of esters is 1. The van der Waals surface area contributed by atoms with Gasteiger partial charge >= 0.3 is 5.97 Å². The van der Waals surface area contributed by atoms with E-state index in [2.05, 4.69) is 5.32 Å². The second-order valence-electron chi connectivity index (χ2n) is 7.06. The van der Waals surface area contributed by atoms with E-state index in [0.717, 1.165) is 0 Å². The number of carbonyl (C=O) groups excluding carboxylic acids is 2. The first-order valence-electron chi connectivity index (χ1n) is 8.36. The van der Waals surface area contributed by atoms with Crippen LogP contribution in [0.25, 0.3) is 0 Å². The van der Waals surface area contributed by atoms with Crippen LogP contribution in [0.15, 0.2) is 29.2 Å². The van der Waals surface area contributed by atoms with Crippen molar-refractivity contribution >= 4 is 28.1 Å². The van der Waals surface area contributed by atoms with Crippen LogP contribution in [-0.4, -0.2) is 68.3 Å². The van der Waals surface area contributed by atoms with Crippen molar-refractivity contribution < 1.29 is 22.7 Å². The Morgan fingerprint density at radius 2 is 1.88 bits per heavy atom. The Balaban J connectivity index is 1.97. The number of hydrogen-bond acceptors (Lipinski definition) is 6. The van der Waals surface area contributed by atoms with Crippen LogP contribution in [0.5, 0.6) is 0 Å². The third kappa shape index (κ3) is 5.52. The van der Waals surface area contributed by atoms with Crippen LogP contribution in [0.4, 0.5) is 5.69 Å². The number of anilines is 1. The predicted octanol–water partition coefficient (Wildman–Crippen LogP) is 0.903. The monoisotopic (exact) mass is 383 g/mol. The molecule has 0 aliphatic carbocycles. The lowest BCUT2D eigenvalue weighted by atomic mass is 10.2. The Hall–Kier alpha value is -1.97. The summed E-state index contributed by atoms with van der Waals surface area (Å²) in [5.41, 5.74) is -0.118. The lowest BCUT2D eigenvalue weighted by molar-refractivity contribution is -0.156. The molecule has 1 saturated heterocycles. The van der Waals surface area contributed by atoms with Crippen LogP contribution in [0.2, 0.25) is 0 Å². The number of nitrogens with zero attached hydrogens (tertiary/aromatic N) is 2. The quantitative estimate of drug-likeness (QED) is 0.579. The van der Waals surface area contributed by atoms with E-state index in [4.69, 9.17) is 4.74 Å². The van der Waals surface area contributed by atoms with Gasteiger partial charge in [-0.25, -0.2) is 8.42 Å². The minimum Gasteiger partial charge on any atom is -0.459 e. The first kappa shape index (κ1) is 20.3. The van der Waals surface area contributed by atoms with E-state index in [0.29, 0.717) is 25.2 Å². The van der Waals surface area contributed by atoms with Crippen molar-refractivity contribution in [3.63, 3.8) is 0 Å². The third-order valence-corrected chi connectivity index (χ3v) is 5.70. The highest BCUT2D eigenvalue weighted by atomic mass is 32.2. The second kappa shape index (κ2) is 8.15. The molecule has 0 spiro atoms. The Kier molecular flexibility index (Phi) is 6.38. The van der Waals surface area contributed by atoms with Crippen LogP contribution in [-0.2, 0) is 24.3 Å². The van der Waals surface area contributed by atoms with Crippen molar-refractivity contribution in [1.82, 2.24) is 9.21 Å². The maximum absolute atomic E-state index is 12.8. The van der Waals surface area contributed by atoms with Crippen molar-refractivity contribution in [3.05, 3.63) is 24.3 Å². The Labute approximate surface area is 154 Å². The lowest BCUT2D eigenvalue weighted by Crippen LogP contribution is -2.50. The van der Waals surface area contributed by atoms with Gasteiger partial charge in [-0.2, -0.15) is 4.31 Å². The molecule has 0 radical (unpaired) electrons. The second-order valence-corrected chi connectivity index (χ2v) is 8.99. The van der Waals surface area contributed by atoms with Crippen LogP contribution >= 0.6 is 0 Å². The summed E-state index contributed by atoms with van der Waals surface area (Å²) < 4.78 is 32.2. The van der Waals surface area contributed by atoms with Gasteiger partial charge in [-0.3, -0.25) is 14.5 Å². The molecule has 0 bridgehead atoms. The number of hydrogen-bond donors (Lipinski definition) is 1. The molecule has 1 aromatic rings. The highest BCUT2D eigenvalue weighted by Crippen LogP contribution is 2.21. The van der Waals surface area contributed by atoms with E-state index in [1.165, 1.54) is 16.4 Å². The molecule has 26 heavy (non-hydrogen) atoms. The van der Waals surface area contributed by atoms with E-state index in [1.54, 1.807) is 12.1 Å². The van der Waals surface area contributed by atoms with E-state index in [-0.39, 0.29) is 30.5 Å². The van der Waals surface area contributed by atoms with Crippen molar-refractivity contribution in [2.45, 2.75) is 31.3 Å². The Bertz CT molecular complexity index is 750. The fourth-order valence-corrected chi connectivity index (χ4v) is 4.12. The van der Waals surface area contributed by atoms with Gasteiger partial charge in [-0.15, -0.1) is 0 Å². The number of sulfonamides is 1. The van der Waals surface area contributed by atoms with Gasteiger partial charge in [0.15, 0.2) is 0 Å². The van der Waals surface area contributed by atoms with Crippen LogP contribution in [0.3, 0.4) is 0 Å². The molecule has 1 heterocycles. The van der Waals surface area contributed by atoms with Gasteiger partial charge < -0.3 is 10.1 Å². The van der Waals surface area contributed by atoms with Crippen molar-refractivity contribution in [3.8, 4) is 0 Å². The first-order valence-corrected chi connectivity index (χ1v) is 9.80. The maximum atomic E-state index is 12.8. The summed E-state index contributed by atoms with van der Waals surface area (Å²) in [4.78, 5) is 24.4. The SMILES string of the molecule is CC(C)(C)OC(=O)CN1CCN(S(=O)(=O)c2cccc(NC=O)c2)CC1. The Morgan fingerprint density at radius 1 is 1.23 bits per heavy atom. The Morgan fingerprint density at radius 3 is 2.46 bits per heavy atom. The molecule has 0 atom stereocenters. The fraction of sp³-hybridized carbons (Fsp3) is 0.529. The number of carbonyl (C=O) groups is 2. The van der Waals surface area contributed by atoms with Gasteiger partial charge in [0.25, 0.3) is 0 Å². The molecule has 144 valence electrons. The molecule has 0 saturated carbocycles. The minimum atomic E-state index is -3.65. The lowest BCUT2D eigenvalue weighted by Gasteiger charge is -2.33. The molecule has 9 heteroatoms. The van der Waals surface area contributed by atoms with E-state index in [9.17, 15) is 18.0 Å². The molecule has 8 nitrogen and oxygen atoms in total. The number of piperazine rings is 1. The summed E-state index contributed by atoms with van der Waals surface area (Å²) in [6, 6.07) is 6.12. The minimum absolute atomic E-state index is 0.130. The van der Waals surface area contributed by atoms with Crippen molar-refractivity contribution in [2.24, 2.45) is 0 Å². The molecule has 1 fully saturated rings. The van der Waals surface area contributed by atoms with Gasteiger partial charge in [-0.05, 0) is 39.0 Å². The first-order chi connectivity index (χ1) is 12.1. The van der Waals surface area contributed by atoms with E-state index in [1.807, 2.05) is 25.7 Å². The molecule has 1 N–H and O–H groups in total. The highest BCUT2D eigenvalue weighted by molar-refractivity contribution is 7.89. The van der Waals surface area contributed by atoms with Gasteiger partial charge in [-0.1, -0.05) is 6.07 Å². The van der Waals surface area contributed by atoms with Gasteiger partial charge in [0.2, 0.25) is 16.4 Å². The number of rotatable bonds is 6. The summed E-state index contributed by atoms with van der Waals surface area (Å²) in [5.74, 6) is -0.318. The topological polar surface area (TPSA) is 96.0 Å².